The van der Waals surface area contributed by atoms with Crippen molar-refractivity contribution in [3.8, 4) is 16.3 Å². The highest BCUT2D eigenvalue weighted by Gasteiger charge is 2.15. The van der Waals surface area contributed by atoms with Crippen molar-refractivity contribution in [2.24, 2.45) is 0 Å². The first kappa shape index (κ1) is 21.0. The average molecular weight is 433 g/mol. The van der Waals surface area contributed by atoms with Crippen LogP contribution >= 0.6 is 11.3 Å². The summed E-state index contributed by atoms with van der Waals surface area (Å²) in [7, 11) is -2.20. The number of esters is 1. The molecule has 0 aliphatic carbocycles. The summed E-state index contributed by atoms with van der Waals surface area (Å²) in [6.07, 6.45) is -0.0783. The summed E-state index contributed by atoms with van der Waals surface area (Å²) in [6, 6.07) is 15.7. The van der Waals surface area contributed by atoms with Crippen LogP contribution in [-0.2, 0) is 26.2 Å². The van der Waals surface area contributed by atoms with Gasteiger partial charge in [0.2, 0.25) is 10.0 Å². The monoisotopic (exact) mass is 432 g/mol. The summed E-state index contributed by atoms with van der Waals surface area (Å²) in [5.41, 5.74) is 1.66. The van der Waals surface area contributed by atoms with E-state index in [9.17, 15) is 13.2 Å². The molecule has 152 valence electrons. The molecule has 0 amide bonds. The number of nitrogens with one attached hydrogen (secondary N) is 1. The number of carbonyl (C=O) groups excluding carboxylic acids is 1. The van der Waals surface area contributed by atoms with Crippen LogP contribution in [0.4, 0.5) is 0 Å². The Balaban J connectivity index is 1.45. The summed E-state index contributed by atoms with van der Waals surface area (Å²) in [4.78, 5) is 16.4. The molecule has 2 aromatic carbocycles. The second kappa shape index (κ2) is 9.64. The van der Waals surface area contributed by atoms with Crippen LogP contribution < -0.4 is 9.46 Å². The molecule has 1 aromatic heterocycles. The van der Waals surface area contributed by atoms with Gasteiger partial charge in [0.15, 0.2) is 0 Å². The van der Waals surface area contributed by atoms with Crippen LogP contribution in [0, 0.1) is 0 Å². The minimum atomic E-state index is -3.70. The lowest BCUT2D eigenvalue weighted by molar-refractivity contribution is -0.144. The first-order valence-corrected chi connectivity index (χ1v) is 11.1. The zero-order valence-electron chi connectivity index (χ0n) is 15.7. The first-order chi connectivity index (χ1) is 14.0. The second-order valence-electron chi connectivity index (χ2n) is 5.99. The number of rotatable bonds is 9. The lowest BCUT2D eigenvalue weighted by Crippen LogP contribution is -2.26. The zero-order chi connectivity index (χ0) is 20.7. The van der Waals surface area contributed by atoms with Gasteiger partial charge in [0, 0.05) is 17.5 Å². The molecule has 0 unspecified atom stereocenters. The highest BCUT2D eigenvalue weighted by atomic mass is 32.2. The van der Waals surface area contributed by atoms with Gasteiger partial charge in [-0.3, -0.25) is 4.79 Å². The summed E-state index contributed by atoms with van der Waals surface area (Å²) >= 11 is 1.47. The Bertz CT molecular complexity index is 1050. The van der Waals surface area contributed by atoms with Gasteiger partial charge in [0.05, 0.1) is 24.1 Å². The van der Waals surface area contributed by atoms with Gasteiger partial charge in [-0.25, -0.2) is 18.1 Å². The SMILES string of the molecule is COc1ccc(S(=O)(=O)NCCC(=O)OCc2csc(-c3ccccc3)n2)cc1. The van der Waals surface area contributed by atoms with E-state index in [1.165, 1.54) is 30.6 Å². The van der Waals surface area contributed by atoms with E-state index >= 15 is 0 Å². The molecular weight excluding hydrogens is 412 g/mol. The van der Waals surface area contributed by atoms with E-state index in [4.69, 9.17) is 9.47 Å². The third kappa shape index (κ3) is 5.86. The maximum absolute atomic E-state index is 12.2. The van der Waals surface area contributed by atoms with Gasteiger partial charge >= 0.3 is 5.97 Å². The lowest BCUT2D eigenvalue weighted by Gasteiger charge is -2.07. The second-order valence-corrected chi connectivity index (χ2v) is 8.62. The predicted molar refractivity (Wildman–Crippen MR) is 110 cm³/mol. The van der Waals surface area contributed by atoms with Crippen LogP contribution in [0.5, 0.6) is 5.75 Å². The highest BCUT2D eigenvalue weighted by Crippen LogP contribution is 2.23. The van der Waals surface area contributed by atoms with Gasteiger partial charge in [-0.15, -0.1) is 11.3 Å². The van der Waals surface area contributed by atoms with Crippen LogP contribution in [0.25, 0.3) is 10.6 Å². The average Bonchev–Trinajstić information content (AvgIpc) is 3.22. The largest absolute Gasteiger partial charge is 0.497 e. The van der Waals surface area contributed by atoms with Crippen molar-refractivity contribution in [2.75, 3.05) is 13.7 Å². The van der Waals surface area contributed by atoms with Crippen LogP contribution in [-0.4, -0.2) is 33.0 Å². The predicted octanol–water partition coefficient (Wildman–Crippen LogP) is 3.23. The topological polar surface area (TPSA) is 94.6 Å². The van der Waals surface area contributed by atoms with Gasteiger partial charge in [-0.05, 0) is 24.3 Å². The zero-order valence-corrected chi connectivity index (χ0v) is 17.3. The van der Waals surface area contributed by atoms with Crippen molar-refractivity contribution in [1.29, 1.82) is 0 Å². The molecule has 3 aromatic rings. The molecule has 1 N–H and O–H groups in total. The highest BCUT2D eigenvalue weighted by molar-refractivity contribution is 7.89. The molecule has 0 fully saturated rings. The number of ether oxygens (including phenoxy) is 2. The van der Waals surface area contributed by atoms with Crippen molar-refractivity contribution in [3.63, 3.8) is 0 Å². The molecule has 0 aliphatic heterocycles. The van der Waals surface area contributed by atoms with E-state index in [1.54, 1.807) is 12.1 Å². The molecule has 7 nitrogen and oxygen atoms in total. The van der Waals surface area contributed by atoms with Crippen molar-refractivity contribution in [1.82, 2.24) is 9.71 Å². The van der Waals surface area contributed by atoms with Gasteiger partial charge < -0.3 is 9.47 Å². The Kier molecular flexibility index (Phi) is 6.97. The number of methoxy groups -OCH3 is 1. The number of aromatic nitrogens is 1. The molecule has 3 rings (SSSR count). The van der Waals surface area contributed by atoms with E-state index in [-0.39, 0.29) is 24.5 Å². The molecule has 0 saturated carbocycles. The normalized spacial score (nSPS) is 11.2. The van der Waals surface area contributed by atoms with Crippen LogP contribution in [0.1, 0.15) is 12.1 Å². The molecule has 1 heterocycles. The third-order valence-electron chi connectivity index (χ3n) is 3.94. The van der Waals surface area contributed by atoms with Crippen LogP contribution in [0.3, 0.4) is 0 Å². The molecule has 0 saturated heterocycles. The Morgan fingerprint density at radius 2 is 1.83 bits per heavy atom. The molecule has 0 spiro atoms. The standard InChI is InChI=1S/C20H20N2O5S2/c1-26-17-7-9-18(10-8-17)29(24,25)21-12-11-19(23)27-13-16-14-28-20(22-16)15-5-3-2-4-6-15/h2-10,14,21H,11-13H2,1H3. The molecule has 0 atom stereocenters. The Morgan fingerprint density at radius 1 is 1.10 bits per heavy atom. The number of thiazole rings is 1. The van der Waals surface area contributed by atoms with E-state index in [0.717, 1.165) is 10.6 Å². The molecule has 9 heteroatoms. The fourth-order valence-electron chi connectivity index (χ4n) is 2.44. The summed E-state index contributed by atoms with van der Waals surface area (Å²) in [6.45, 7) is -0.00702. The number of nitrogens with zero attached hydrogens (tertiary/aromatic N) is 1. The van der Waals surface area contributed by atoms with Gasteiger partial charge in [0.1, 0.15) is 17.4 Å². The number of carbonyl (C=O) groups is 1. The Hall–Kier alpha value is -2.75. The van der Waals surface area contributed by atoms with Crippen molar-refractivity contribution < 1.29 is 22.7 Å². The van der Waals surface area contributed by atoms with Crippen LogP contribution in [0.2, 0.25) is 0 Å². The first-order valence-electron chi connectivity index (χ1n) is 8.77. The van der Waals surface area contributed by atoms with E-state index in [2.05, 4.69) is 9.71 Å². The number of hydrogen-bond acceptors (Lipinski definition) is 7. The smallest absolute Gasteiger partial charge is 0.307 e. The number of hydrogen-bond donors (Lipinski definition) is 1. The van der Waals surface area contributed by atoms with E-state index in [1.807, 2.05) is 35.7 Å². The minimum absolute atomic E-state index is 0.0490. The summed E-state index contributed by atoms with van der Waals surface area (Å²) in [5, 5.41) is 2.69. The fourth-order valence-corrected chi connectivity index (χ4v) is 4.28. The molecule has 29 heavy (non-hydrogen) atoms. The maximum atomic E-state index is 12.2. The lowest BCUT2D eigenvalue weighted by atomic mass is 10.2. The minimum Gasteiger partial charge on any atom is -0.497 e. The Morgan fingerprint density at radius 3 is 2.52 bits per heavy atom. The molecule has 0 radical (unpaired) electrons. The maximum Gasteiger partial charge on any atom is 0.307 e. The Labute approximate surface area is 173 Å². The molecular formula is C20H20N2O5S2. The van der Waals surface area contributed by atoms with E-state index in [0.29, 0.717) is 11.4 Å². The molecule has 0 bridgehead atoms. The van der Waals surface area contributed by atoms with Crippen molar-refractivity contribution in [3.05, 3.63) is 65.7 Å². The van der Waals surface area contributed by atoms with Gasteiger partial charge in [-0.1, -0.05) is 30.3 Å². The number of sulfonamides is 1. The molecule has 0 aliphatic rings. The van der Waals surface area contributed by atoms with Crippen molar-refractivity contribution in [2.45, 2.75) is 17.9 Å². The number of benzene rings is 2. The van der Waals surface area contributed by atoms with Crippen molar-refractivity contribution >= 4 is 27.3 Å². The van der Waals surface area contributed by atoms with Gasteiger partial charge in [-0.2, -0.15) is 0 Å². The summed E-state index contributed by atoms with van der Waals surface area (Å²) < 4.78 is 37.0. The third-order valence-corrected chi connectivity index (χ3v) is 6.36. The summed E-state index contributed by atoms with van der Waals surface area (Å²) in [5.74, 6) is 0.0571. The van der Waals surface area contributed by atoms with Gasteiger partial charge in [0.25, 0.3) is 0 Å². The fraction of sp³-hybridized carbons (Fsp3) is 0.200. The van der Waals surface area contributed by atoms with E-state index < -0.39 is 16.0 Å². The quantitative estimate of drug-likeness (QED) is 0.522. The van der Waals surface area contributed by atoms with Crippen LogP contribution in [0.15, 0.2) is 64.9 Å².